The molecule has 2 aliphatic rings. The Morgan fingerprint density at radius 2 is 1.33 bits per heavy atom. The van der Waals surface area contributed by atoms with Gasteiger partial charge >= 0.3 is 0 Å². The van der Waals surface area contributed by atoms with Crippen molar-refractivity contribution in [2.24, 2.45) is 16.7 Å². The second-order valence-electron chi connectivity index (χ2n) is 12.3. The Kier molecular flexibility index (Phi) is 10.6. The number of nitrogens with one attached hydrogen (secondary N) is 2. The number of imidazole rings is 1. The maximum Gasteiger partial charge on any atom is 0.250 e. The highest BCUT2D eigenvalue weighted by Crippen LogP contribution is 2.70. The van der Waals surface area contributed by atoms with Gasteiger partial charge in [0.05, 0.1) is 18.7 Å². The molecular formula is C32H40Cl4N4O3. The van der Waals surface area contributed by atoms with Gasteiger partial charge in [0.1, 0.15) is 0 Å². The summed E-state index contributed by atoms with van der Waals surface area (Å²) < 4.78 is 0. The van der Waals surface area contributed by atoms with Crippen LogP contribution in [0.25, 0.3) is 0 Å². The SMILES string of the molecule is C.CC(=O)Nc1nc([C@@H]2[C@@H](c3cc(Cl)cc(Cl)c3)C2(C)C)c(C)[nH]1.CON(C)C(=O)[C@@H]1[C@@H](c2cc(Cl)cc(Cl)c2)C1(C)C. The van der Waals surface area contributed by atoms with Crippen LogP contribution in [0.5, 0.6) is 0 Å². The summed E-state index contributed by atoms with van der Waals surface area (Å²) in [4.78, 5) is 36.1. The van der Waals surface area contributed by atoms with E-state index in [2.05, 4.69) is 43.0 Å². The van der Waals surface area contributed by atoms with Gasteiger partial charge in [-0.2, -0.15) is 0 Å². The highest BCUT2D eigenvalue weighted by Gasteiger charge is 2.63. The van der Waals surface area contributed by atoms with Gasteiger partial charge in [0.2, 0.25) is 17.8 Å². The maximum atomic E-state index is 12.2. The number of aromatic nitrogens is 2. The van der Waals surface area contributed by atoms with E-state index < -0.39 is 0 Å². The van der Waals surface area contributed by atoms with Gasteiger partial charge in [0.15, 0.2) is 0 Å². The van der Waals surface area contributed by atoms with Gasteiger partial charge in [-0.25, -0.2) is 10.0 Å². The summed E-state index contributed by atoms with van der Waals surface area (Å²) >= 11 is 24.4. The molecule has 2 fully saturated rings. The lowest BCUT2D eigenvalue weighted by molar-refractivity contribution is -0.171. The van der Waals surface area contributed by atoms with Crippen molar-refractivity contribution in [3.8, 4) is 0 Å². The Morgan fingerprint density at radius 1 is 0.860 bits per heavy atom. The lowest BCUT2D eigenvalue weighted by Crippen LogP contribution is -2.28. The monoisotopic (exact) mass is 668 g/mol. The minimum atomic E-state index is -0.140. The first kappa shape index (κ1) is 35.2. The van der Waals surface area contributed by atoms with Crippen LogP contribution in [0.15, 0.2) is 36.4 Å². The molecule has 234 valence electrons. The van der Waals surface area contributed by atoms with E-state index >= 15 is 0 Å². The summed E-state index contributed by atoms with van der Waals surface area (Å²) in [6, 6.07) is 11.1. The molecule has 2 amide bonds. The van der Waals surface area contributed by atoms with Crippen LogP contribution in [-0.4, -0.2) is 41.0 Å². The number of hydrogen-bond acceptors (Lipinski definition) is 4. The molecule has 2 aromatic carbocycles. The van der Waals surface area contributed by atoms with E-state index in [9.17, 15) is 9.59 Å². The van der Waals surface area contributed by atoms with E-state index in [1.54, 1.807) is 19.2 Å². The van der Waals surface area contributed by atoms with E-state index in [1.165, 1.54) is 19.1 Å². The zero-order valence-electron chi connectivity index (χ0n) is 24.9. The molecule has 4 atom stereocenters. The Hall–Kier alpha value is -2.29. The molecule has 0 spiro atoms. The van der Waals surface area contributed by atoms with Crippen molar-refractivity contribution in [2.75, 3.05) is 19.5 Å². The molecule has 0 unspecified atom stereocenters. The van der Waals surface area contributed by atoms with Crippen LogP contribution in [0.4, 0.5) is 5.95 Å². The molecule has 1 heterocycles. The molecule has 2 N–H and O–H groups in total. The number of H-pyrrole nitrogens is 1. The number of anilines is 1. The number of amides is 2. The standard InChI is InChI=1S/C17H19Cl2N3O.C14H17Cl2NO2.CH4/c1-8-15(22-16(20-8)21-9(2)23)14-13(17(14,3)4)10-5-11(18)7-12(19)6-10;1-14(2)11(12(14)13(18)17(3)19-4)8-5-9(15)7-10(16)6-8;/h5-7,13-14H,1-4H3,(H2,20,21,22,23);5-7,11-12H,1-4H3;1H4/t13-,14+;11-,12+;/m11./s1. The van der Waals surface area contributed by atoms with Crippen molar-refractivity contribution in [1.82, 2.24) is 15.0 Å². The first-order valence-corrected chi connectivity index (χ1v) is 15.1. The Morgan fingerprint density at radius 3 is 1.77 bits per heavy atom. The van der Waals surface area contributed by atoms with E-state index in [1.807, 2.05) is 31.2 Å². The summed E-state index contributed by atoms with van der Waals surface area (Å²) in [7, 11) is 3.11. The average Bonchev–Trinajstić information content (AvgIpc) is 3.58. The summed E-state index contributed by atoms with van der Waals surface area (Å²) in [5.41, 5.74) is 4.04. The lowest BCUT2D eigenvalue weighted by atomic mass is 10.0. The van der Waals surface area contributed by atoms with Crippen LogP contribution >= 0.6 is 46.4 Å². The number of aryl methyl sites for hydroxylation is 1. The molecule has 3 aromatic rings. The second kappa shape index (κ2) is 13.0. The number of nitrogens with zero attached hydrogens (tertiary/aromatic N) is 2. The summed E-state index contributed by atoms with van der Waals surface area (Å²) in [6.07, 6.45) is 0. The molecule has 7 nitrogen and oxygen atoms in total. The number of hydrogen-bond donors (Lipinski definition) is 2. The van der Waals surface area contributed by atoms with E-state index in [0.717, 1.165) is 22.5 Å². The van der Waals surface area contributed by atoms with Crippen LogP contribution in [0.3, 0.4) is 0 Å². The van der Waals surface area contributed by atoms with Crippen LogP contribution in [0.1, 0.15) is 82.3 Å². The predicted octanol–water partition coefficient (Wildman–Crippen LogP) is 9.28. The summed E-state index contributed by atoms with van der Waals surface area (Å²) in [5, 5.41) is 6.46. The van der Waals surface area contributed by atoms with Crippen LogP contribution < -0.4 is 5.32 Å². The fourth-order valence-corrected chi connectivity index (χ4v) is 7.37. The Labute approximate surface area is 274 Å². The van der Waals surface area contributed by atoms with Gasteiger partial charge in [0, 0.05) is 51.6 Å². The summed E-state index contributed by atoms with van der Waals surface area (Å²) in [5.74, 6) is 0.908. The largest absolute Gasteiger partial charge is 0.328 e. The molecule has 43 heavy (non-hydrogen) atoms. The van der Waals surface area contributed by atoms with E-state index in [0.29, 0.717) is 32.0 Å². The molecule has 2 saturated carbocycles. The van der Waals surface area contributed by atoms with Crippen molar-refractivity contribution in [2.45, 2.75) is 66.7 Å². The minimum Gasteiger partial charge on any atom is -0.328 e. The summed E-state index contributed by atoms with van der Waals surface area (Å²) in [6.45, 7) is 12.0. The first-order chi connectivity index (χ1) is 19.5. The van der Waals surface area contributed by atoms with Crippen molar-refractivity contribution < 1.29 is 14.4 Å². The Bertz CT molecular complexity index is 1480. The van der Waals surface area contributed by atoms with E-state index in [4.69, 9.17) is 51.2 Å². The van der Waals surface area contributed by atoms with Crippen LogP contribution in [0, 0.1) is 23.7 Å². The third-order valence-electron chi connectivity index (χ3n) is 8.50. The van der Waals surface area contributed by atoms with Gasteiger partial charge < -0.3 is 4.98 Å². The van der Waals surface area contributed by atoms with Crippen molar-refractivity contribution in [1.29, 1.82) is 0 Å². The third kappa shape index (κ3) is 7.34. The Balaban J connectivity index is 0.000000234. The van der Waals surface area contributed by atoms with Crippen molar-refractivity contribution in [3.63, 3.8) is 0 Å². The normalized spacial score (nSPS) is 22.4. The third-order valence-corrected chi connectivity index (χ3v) is 9.38. The van der Waals surface area contributed by atoms with Gasteiger partial charge in [0.25, 0.3) is 0 Å². The van der Waals surface area contributed by atoms with Gasteiger partial charge in [-0.15, -0.1) is 0 Å². The molecule has 0 saturated heterocycles. The topological polar surface area (TPSA) is 87.3 Å². The van der Waals surface area contributed by atoms with Crippen molar-refractivity contribution in [3.05, 3.63) is 79.0 Å². The number of carbonyl (C=O) groups excluding carboxylic acids is 2. The molecule has 0 radical (unpaired) electrons. The average molecular weight is 671 g/mol. The van der Waals surface area contributed by atoms with E-state index in [-0.39, 0.29) is 47.8 Å². The number of carbonyl (C=O) groups is 2. The predicted molar refractivity (Wildman–Crippen MR) is 176 cm³/mol. The quantitative estimate of drug-likeness (QED) is 0.256. The van der Waals surface area contributed by atoms with Gasteiger partial charge in [-0.3, -0.25) is 19.7 Å². The number of hydroxylamine groups is 2. The molecule has 1 aromatic heterocycles. The number of benzene rings is 2. The van der Waals surface area contributed by atoms with Crippen LogP contribution in [0.2, 0.25) is 20.1 Å². The fourth-order valence-electron chi connectivity index (χ4n) is 6.29. The van der Waals surface area contributed by atoms with Gasteiger partial charge in [-0.1, -0.05) is 81.5 Å². The highest BCUT2D eigenvalue weighted by molar-refractivity contribution is 6.35. The second-order valence-corrected chi connectivity index (χ2v) is 14.0. The fraction of sp³-hybridized carbons (Fsp3) is 0.469. The number of aromatic amines is 1. The van der Waals surface area contributed by atoms with Crippen LogP contribution in [-0.2, 0) is 14.4 Å². The lowest BCUT2D eigenvalue weighted by Gasteiger charge is -2.14. The zero-order valence-corrected chi connectivity index (χ0v) is 27.9. The minimum absolute atomic E-state index is 0. The smallest absolute Gasteiger partial charge is 0.250 e. The maximum absolute atomic E-state index is 12.2. The number of halogens is 4. The zero-order chi connectivity index (χ0) is 31.3. The number of rotatable bonds is 6. The molecule has 11 heteroatoms. The highest BCUT2D eigenvalue weighted by atomic mass is 35.5. The molecule has 2 aliphatic carbocycles. The van der Waals surface area contributed by atoms with Gasteiger partial charge in [-0.05, 0) is 71.2 Å². The molecule has 0 aliphatic heterocycles. The molecule has 5 rings (SSSR count). The molecule has 0 bridgehead atoms. The first-order valence-electron chi connectivity index (χ1n) is 13.6. The van der Waals surface area contributed by atoms with Crippen molar-refractivity contribution >= 4 is 64.2 Å². The molecular weight excluding hydrogens is 630 g/mol.